The minimum absolute atomic E-state index is 0.0252. The Balaban J connectivity index is 2.59. The largest absolute Gasteiger partial charge is 0.466 e. The van der Waals surface area contributed by atoms with Gasteiger partial charge in [0.2, 0.25) is 5.88 Å². The summed E-state index contributed by atoms with van der Waals surface area (Å²) in [5.41, 5.74) is 8.32. The molecule has 0 amide bonds. The second-order valence-electron chi connectivity index (χ2n) is 4.98. The van der Waals surface area contributed by atoms with E-state index in [1.165, 1.54) is 12.7 Å². The summed E-state index contributed by atoms with van der Waals surface area (Å²) in [4.78, 5) is 12.1. The Labute approximate surface area is 129 Å². The summed E-state index contributed by atoms with van der Waals surface area (Å²) in [6, 6.07) is 9.79. The fourth-order valence-electron chi connectivity index (χ4n) is 2.54. The zero-order chi connectivity index (χ0) is 16.3. The number of methoxy groups -OCH3 is 1. The van der Waals surface area contributed by atoms with Crippen LogP contribution in [0, 0.1) is 11.3 Å². The standard InChI is InChI=1S/C17H18N2O3/c1-4-11-5-7-12(8-6-11)15-13(9-18)16(19)22-10(2)14(15)17(20)21-3/h5-8,15H,4,19H2,1-3H3/t15-/m0/s1. The first-order chi connectivity index (χ1) is 10.5. The molecule has 5 nitrogen and oxygen atoms in total. The molecule has 0 unspecified atom stereocenters. The van der Waals surface area contributed by atoms with Crippen LogP contribution in [0.5, 0.6) is 0 Å². The zero-order valence-electron chi connectivity index (χ0n) is 12.8. The van der Waals surface area contributed by atoms with Gasteiger partial charge in [0, 0.05) is 0 Å². The molecule has 1 aliphatic heterocycles. The number of allylic oxidation sites excluding steroid dienone is 2. The van der Waals surface area contributed by atoms with Gasteiger partial charge < -0.3 is 15.2 Å². The fraction of sp³-hybridized carbons (Fsp3) is 0.294. The average Bonchev–Trinajstić information content (AvgIpc) is 2.53. The molecule has 114 valence electrons. The lowest BCUT2D eigenvalue weighted by atomic mass is 9.83. The smallest absolute Gasteiger partial charge is 0.338 e. The van der Waals surface area contributed by atoms with Crippen LogP contribution in [0.25, 0.3) is 0 Å². The number of hydrogen-bond donors (Lipinski definition) is 1. The van der Waals surface area contributed by atoms with E-state index in [4.69, 9.17) is 15.2 Å². The van der Waals surface area contributed by atoms with Gasteiger partial charge in [-0.1, -0.05) is 31.2 Å². The van der Waals surface area contributed by atoms with Crippen molar-refractivity contribution >= 4 is 5.97 Å². The van der Waals surface area contributed by atoms with Gasteiger partial charge in [-0.2, -0.15) is 5.26 Å². The van der Waals surface area contributed by atoms with Gasteiger partial charge in [-0.05, 0) is 24.5 Å². The minimum Gasteiger partial charge on any atom is -0.466 e. The number of benzene rings is 1. The highest BCUT2D eigenvalue weighted by molar-refractivity contribution is 5.92. The molecular formula is C17H18N2O3. The monoisotopic (exact) mass is 298 g/mol. The summed E-state index contributed by atoms with van der Waals surface area (Å²) in [7, 11) is 1.30. The molecule has 1 aliphatic rings. The summed E-state index contributed by atoms with van der Waals surface area (Å²) in [5, 5.41) is 9.41. The number of esters is 1. The number of nitriles is 1. The Kier molecular flexibility index (Phi) is 4.52. The van der Waals surface area contributed by atoms with Crippen LogP contribution in [0.3, 0.4) is 0 Å². The van der Waals surface area contributed by atoms with Crippen molar-refractivity contribution in [1.82, 2.24) is 0 Å². The number of rotatable bonds is 3. The van der Waals surface area contributed by atoms with Crippen molar-refractivity contribution in [3.05, 3.63) is 58.2 Å². The van der Waals surface area contributed by atoms with Crippen LogP contribution < -0.4 is 5.73 Å². The van der Waals surface area contributed by atoms with E-state index >= 15 is 0 Å². The third kappa shape index (κ3) is 2.68. The topological polar surface area (TPSA) is 85.3 Å². The Morgan fingerprint density at radius 3 is 2.55 bits per heavy atom. The molecule has 2 rings (SSSR count). The maximum Gasteiger partial charge on any atom is 0.338 e. The van der Waals surface area contributed by atoms with Gasteiger partial charge in [-0.3, -0.25) is 0 Å². The summed E-state index contributed by atoms with van der Waals surface area (Å²) < 4.78 is 10.2. The molecule has 0 fully saturated rings. The Morgan fingerprint density at radius 1 is 1.41 bits per heavy atom. The van der Waals surface area contributed by atoms with Crippen molar-refractivity contribution in [2.45, 2.75) is 26.2 Å². The van der Waals surface area contributed by atoms with E-state index in [2.05, 4.69) is 6.92 Å². The molecular weight excluding hydrogens is 280 g/mol. The number of carbonyl (C=O) groups excluding carboxylic acids is 1. The van der Waals surface area contributed by atoms with Crippen LogP contribution in [0.2, 0.25) is 0 Å². The van der Waals surface area contributed by atoms with Gasteiger partial charge in [0.05, 0.1) is 18.6 Å². The first-order valence-electron chi connectivity index (χ1n) is 6.99. The van der Waals surface area contributed by atoms with Crippen LogP contribution >= 0.6 is 0 Å². The third-order valence-electron chi connectivity index (χ3n) is 3.73. The molecule has 1 heterocycles. The summed E-state index contributed by atoms with van der Waals surface area (Å²) in [5.74, 6) is -0.718. The maximum atomic E-state index is 12.1. The van der Waals surface area contributed by atoms with Gasteiger partial charge in [0.25, 0.3) is 0 Å². The lowest BCUT2D eigenvalue weighted by molar-refractivity contribution is -0.136. The van der Waals surface area contributed by atoms with Crippen LogP contribution in [0.4, 0.5) is 0 Å². The Morgan fingerprint density at radius 2 is 2.05 bits per heavy atom. The van der Waals surface area contributed by atoms with Crippen molar-refractivity contribution in [1.29, 1.82) is 5.26 Å². The van der Waals surface area contributed by atoms with E-state index in [1.54, 1.807) is 6.92 Å². The van der Waals surface area contributed by atoms with E-state index in [-0.39, 0.29) is 11.5 Å². The number of carbonyl (C=O) groups is 1. The quantitative estimate of drug-likeness (QED) is 0.867. The molecule has 1 aromatic carbocycles. The number of nitrogens with two attached hydrogens (primary N) is 1. The second kappa shape index (κ2) is 6.35. The van der Waals surface area contributed by atoms with E-state index < -0.39 is 11.9 Å². The lowest BCUT2D eigenvalue weighted by Gasteiger charge is -2.26. The highest BCUT2D eigenvalue weighted by atomic mass is 16.5. The molecule has 0 aromatic heterocycles. The number of aryl methyl sites for hydroxylation is 1. The predicted octanol–water partition coefficient (Wildman–Crippen LogP) is 2.50. The molecule has 5 heteroatoms. The molecule has 0 saturated heterocycles. The van der Waals surface area contributed by atoms with Gasteiger partial charge in [0.1, 0.15) is 17.4 Å². The Hall–Kier alpha value is -2.74. The molecule has 0 spiro atoms. The molecule has 0 aliphatic carbocycles. The van der Waals surface area contributed by atoms with Gasteiger partial charge in [-0.25, -0.2) is 4.79 Å². The molecule has 0 saturated carbocycles. The normalized spacial score (nSPS) is 17.8. The SMILES string of the molecule is CCc1ccc([C@H]2C(C#N)=C(N)OC(C)=C2C(=O)OC)cc1. The Bertz CT molecular complexity index is 694. The van der Waals surface area contributed by atoms with Crippen molar-refractivity contribution < 1.29 is 14.3 Å². The average molecular weight is 298 g/mol. The van der Waals surface area contributed by atoms with Crippen LogP contribution in [-0.4, -0.2) is 13.1 Å². The van der Waals surface area contributed by atoms with Crippen LogP contribution in [-0.2, 0) is 20.7 Å². The van der Waals surface area contributed by atoms with E-state index in [0.29, 0.717) is 11.3 Å². The van der Waals surface area contributed by atoms with Crippen molar-refractivity contribution in [2.75, 3.05) is 7.11 Å². The summed E-state index contributed by atoms with van der Waals surface area (Å²) >= 11 is 0. The highest BCUT2D eigenvalue weighted by Crippen LogP contribution is 2.39. The van der Waals surface area contributed by atoms with Crippen molar-refractivity contribution in [3.63, 3.8) is 0 Å². The zero-order valence-corrected chi connectivity index (χ0v) is 12.8. The first kappa shape index (κ1) is 15.6. The highest BCUT2D eigenvalue weighted by Gasteiger charge is 2.35. The van der Waals surface area contributed by atoms with E-state index in [0.717, 1.165) is 12.0 Å². The molecule has 0 bridgehead atoms. The van der Waals surface area contributed by atoms with Crippen LogP contribution in [0.1, 0.15) is 30.9 Å². The maximum absolute atomic E-state index is 12.1. The second-order valence-corrected chi connectivity index (χ2v) is 4.98. The molecule has 1 aromatic rings. The van der Waals surface area contributed by atoms with E-state index in [9.17, 15) is 10.1 Å². The first-order valence-corrected chi connectivity index (χ1v) is 6.99. The van der Waals surface area contributed by atoms with Gasteiger partial charge in [0.15, 0.2) is 0 Å². The number of ether oxygens (including phenoxy) is 2. The lowest BCUT2D eigenvalue weighted by Crippen LogP contribution is -2.25. The van der Waals surface area contributed by atoms with Gasteiger partial charge in [-0.15, -0.1) is 0 Å². The molecule has 1 atom stereocenters. The number of nitrogens with zero attached hydrogens (tertiary/aromatic N) is 1. The van der Waals surface area contributed by atoms with E-state index in [1.807, 2.05) is 30.3 Å². The summed E-state index contributed by atoms with van der Waals surface area (Å²) in [6.07, 6.45) is 0.913. The molecule has 2 N–H and O–H groups in total. The number of hydrogen-bond acceptors (Lipinski definition) is 5. The summed E-state index contributed by atoms with van der Waals surface area (Å²) in [6.45, 7) is 3.70. The molecule has 0 radical (unpaired) electrons. The minimum atomic E-state index is -0.572. The molecule has 22 heavy (non-hydrogen) atoms. The predicted molar refractivity (Wildman–Crippen MR) is 81.2 cm³/mol. The fourth-order valence-corrected chi connectivity index (χ4v) is 2.54. The van der Waals surface area contributed by atoms with Crippen LogP contribution in [0.15, 0.2) is 47.1 Å². The van der Waals surface area contributed by atoms with Crippen molar-refractivity contribution in [3.8, 4) is 6.07 Å². The van der Waals surface area contributed by atoms with Crippen molar-refractivity contribution in [2.24, 2.45) is 5.73 Å². The third-order valence-corrected chi connectivity index (χ3v) is 3.73. The van der Waals surface area contributed by atoms with Gasteiger partial charge >= 0.3 is 5.97 Å².